The summed E-state index contributed by atoms with van der Waals surface area (Å²) >= 11 is 0. The van der Waals surface area contributed by atoms with E-state index < -0.39 is 0 Å². The monoisotopic (exact) mass is 332 g/mol. The highest BCUT2D eigenvalue weighted by molar-refractivity contribution is 4.85. The van der Waals surface area contributed by atoms with Crippen LogP contribution in [0.25, 0.3) is 0 Å². The minimum Gasteiger partial charge on any atom is -0.0654 e. The maximum Gasteiger partial charge on any atom is -0.0386 e. The Morgan fingerprint density at radius 2 is 0.667 bits per heavy atom. The van der Waals surface area contributed by atoms with Crippen LogP contribution in [-0.2, 0) is 0 Å². The predicted molar refractivity (Wildman–Crippen MR) is 106 cm³/mol. The average molecular weight is 333 g/mol. The van der Waals surface area contributed by atoms with E-state index in [4.69, 9.17) is 0 Å². The van der Waals surface area contributed by atoms with Crippen LogP contribution in [0.5, 0.6) is 0 Å². The molecule has 0 aromatic rings. The second-order valence-electron chi connectivity index (χ2n) is 9.81. The van der Waals surface area contributed by atoms with E-state index in [0.29, 0.717) is 0 Å². The number of rotatable bonds is 6. The maximum atomic E-state index is 2.36. The fraction of sp³-hybridized carbons (Fsp3) is 1.00. The quantitative estimate of drug-likeness (QED) is 0.462. The standard InChI is InChI=1S/C24H44/c1-3-5-19-7-11-21(12-8-19)23-15-17-24(18-16-23)22-13-9-20(6-4-2)10-14-22/h19-24H,3-18H2,1-2H3. The Kier molecular flexibility index (Phi) is 7.54. The molecular weight excluding hydrogens is 288 g/mol. The van der Waals surface area contributed by atoms with Gasteiger partial charge < -0.3 is 0 Å². The van der Waals surface area contributed by atoms with E-state index in [1.54, 1.807) is 77.0 Å². The van der Waals surface area contributed by atoms with Crippen molar-refractivity contribution in [3.05, 3.63) is 0 Å². The SMILES string of the molecule is CCCC1CCC(C2CCC(C3CCC(CCC)CC3)CC2)CC1. The largest absolute Gasteiger partial charge is 0.0654 e. The van der Waals surface area contributed by atoms with Gasteiger partial charge in [-0.3, -0.25) is 0 Å². The minimum atomic E-state index is 1.08. The molecule has 0 aliphatic heterocycles. The first-order valence-corrected chi connectivity index (χ1v) is 11.8. The van der Waals surface area contributed by atoms with Crippen molar-refractivity contribution in [2.75, 3.05) is 0 Å². The Morgan fingerprint density at radius 3 is 0.917 bits per heavy atom. The van der Waals surface area contributed by atoms with Crippen LogP contribution < -0.4 is 0 Å². The first-order chi connectivity index (χ1) is 11.8. The molecule has 0 heteroatoms. The molecule has 3 rings (SSSR count). The fourth-order valence-corrected chi connectivity index (χ4v) is 6.80. The molecule has 0 atom stereocenters. The Labute approximate surface area is 152 Å². The van der Waals surface area contributed by atoms with Gasteiger partial charge in [-0.25, -0.2) is 0 Å². The van der Waals surface area contributed by atoms with Crippen LogP contribution in [0.4, 0.5) is 0 Å². The molecule has 0 amide bonds. The molecule has 0 radical (unpaired) electrons. The Hall–Kier alpha value is 0. The molecule has 3 aliphatic rings. The molecule has 0 N–H and O–H groups in total. The Bertz CT molecular complexity index is 288. The molecular formula is C24H44. The van der Waals surface area contributed by atoms with Gasteiger partial charge in [-0.15, -0.1) is 0 Å². The normalized spacial score (nSPS) is 41.2. The lowest BCUT2D eigenvalue weighted by Gasteiger charge is -2.41. The molecule has 0 saturated heterocycles. The van der Waals surface area contributed by atoms with E-state index in [9.17, 15) is 0 Å². The van der Waals surface area contributed by atoms with Gasteiger partial charge in [0.1, 0.15) is 0 Å². The lowest BCUT2D eigenvalue weighted by Crippen LogP contribution is -2.29. The topological polar surface area (TPSA) is 0 Å². The zero-order chi connectivity index (χ0) is 16.8. The van der Waals surface area contributed by atoms with Crippen LogP contribution >= 0.6 is 0 Å². The summed E-state index contributed by atoms with van der Waals surface area (Å²) in [6.07, 6.45) is 24.7. The molecule has 0 heterocycles. The molecule has 24 heavy (non-hydrogen) atoms. The van der Waals surface area contributed by atoms with Gasteiger partial charge in [0.15, 0.2) is 0 Å². The van der Waals surface area contributed by atoms with Gasteiger partial charge in [-0.2, -0.15) is 0 Å². The molecule has 0 bridgehead atoms. The summed E-state index contributed by atoms with van der Waals surface area (Å²) in [5.74, 6) is 6.61. The van der Waals surface area contributed by atoms with Crippen LogP contribution in [0.3, 0.4) is 0 Å². The highest BCUT2D eigenvalue weighted by Crippen LogP contribution is 2.46. The lowest BCUT2D eigenvalue weighted by atomic mass is 9.64. The summed E-state index contributed by atoms with van der Waals surface area (Å²) in [5, 5.41) is 0. The molecule has 0 unspecified atom stereocenters. The smallest absolute Gasteiger partial charge is 0.0386 e. The summed E-state index contributed by atoms with van der Waals surface area (Å²) in [4.78, 5) is 0. The molecule has 0 nitrogen and oxygen atoms in total. The summed E-state index contributed by atoms with van der Waals surface area (Å²) in [7, 11) is 0. The van der Waals surface area contributed by atoms with E-state index >= 15 is 0 Å². The van der Waals surface area contributed by atoms with Gasteiger partial charge >= 0.3 is 0 Å². The Morgan fingerprint density at radius 1 is 0.417 bits per heavy atom. The third kappa shape index (κ3) is 5.01. The van der Waals surface area contributed by atoms with E-state index in [2.05, 4.69) is 13.8 Å². The van der Waals surface area contributed by atoms with E-state index in [1.807, 2.05) is 0 Å². The Balaban J connectivity index is 1.36. The van der Waals surface area contributed by atoms with Crippen molar-refractivity contribution < 1.29 is 0 Å². The van der Waals surface area contributed by atoms with E-state index in [0.717, 1.165) is 35.5 Å². The zero-order valence-corrected chi connectivity index (χ0v) is 16.8. The van der Waals surface area contributed by atoms with Crippen LogP contribution in [0.1, 0.15) is 117 Å². The van der Waals surface area contributed by atoms with Crippen LogP contribution in [0.15, 0.2) is 0 Å². The third-order valence-corrected chi connectivity index (χ3v) is 8.33. The van der Waals surface area contributed by atoms with Crippen molar-refractivity contribution in [1.29, 1.82) is 0 Å². The average Bonchev–Trinajstić information content (AvgIpc) is 2.64. The van der Waals surface area contributed by atoms with Crippen molar-refractivity contribution in [2.24, 2.45) is 35.5 Å². The number of hydrogen-bond acceptors (Lipinski definition) is 0. The van der Waals surface area contributed by atoms with Gasteiger partial charge in [0.25, 0.3) is 0 Å². The predicted octanol–water partition coefficient (Wildman–Crippen LogP) is 8.01. The fourth-order valence-electron chi connectivity index (χ4n) is 6.80. The minimum absolute atomic E-state index is 1.08. The second kappa shape index (κ2) is 9.63. The van der Waals surface area contributed by atoms with Gasteiger partial charge in [0, 0.05) is 0 Å². The van der Waals surface area contributed by atoms with Crippen LogP contribution in [-0.4, -0.2) is 0 Å². The van der Waals surface area contributed by atoms with E-state index in [1.165, 1.54) is 25.7 Å². The summed E-state index contributed by atoms with van der Waals surface area (Å²) in [6.45, 7) is 4.73. The van der Waals surface area contributed by atoms with Crippen molar-refractivity contribution in [2.45, 2.75) is 117 Å². The first-order valence-electron chi connectivity index (χ1n) is 11.8. The van der Waals surface area contributed by atoms with Gasteiger partial charge in [-0.05, 0) is 86.9 Å². The maximum absolute atomic E-state index is 2.36. The molecule has 3 aliphatic carbocycles. The van der Waals surface area contributed by atoms with Gasteiger partial charge in [0.2, 0.25) is 0 Å². The van der Waals surface area contributed by atoms with Crippen molar-refractivity contribution in [1.82, 2.24) is 0 Å². The van der Waals surface area contributed by atoms with Gasteiger partial charge in [-0.1, -0.05) is 65.2 Å². The summed E-state index contributed by atoms with van der Waals surface area (Å²) in [5.41, 5.74) is 0. The zero-order valence-electron chi connectivity index (χ0n) is 16.8. The van der Waals surface area contributed by atoms with Crippen molar-refractivity contribution in [3.63, 3.8) is 0 Å². The lowest BCUT2D eigenvalue weighted by molar-refractivity contribution is 0.102. The number of hydrogen-bond donors (Lipinski definition) is 0. The highest BCUT2D eigenvalue weighted by Gasteiger charge is 2.34. The van der Waals surface area contributed by atoms with Gasteiger partial charge in [0.05, 0.1) is 0 Å². The summed E-state index contributed by atoms with van der Waals surface area (Å²) < 4.78 is 0. The first kappa shape index (κ1) is 18.8. The highest BCUT2D eigenvalue weighted by atomic mass is 14.4. The third-order valence-electron chi connectivity index (χ3n) is 8.33. The van der Waals surface area contributed by atoms with Crippen molar-refractivity contribution >= 4 is 0 Å². The molecule has 140 valence electrons. The molecule has 3 saturated carbocycles. The molecule has 0 spiro atoms. The molecule has 0 aromatic carbocycles. The van der Waals surface area contributed by atoms with Crippen LogP contribution in [0.2, 0.25) is 0 Å². The molecule has 0 aromatic heterocycles. The molecule has 3 fully saturated rings. The summed E-state index contributed by atoms with van der Waals surface area (Å²) in [6, 6.07) is 0. The second-order valence-corrected chi connectivity index (χ2v) is 9.81. The van der Waals surface area contributed by atoms with E-state index in [-0.39, 0.29) is 0 Å². The van der Waals surface area contributed by atoms with Crippen molar-refractivity contribution in [3.8, 4) is 0 Å². The van der Waals surface area contributed by atoms with Crippen LogP contribution in [0, 0.1) is 35.5 Å².